The molecule has 11 heteroatoms. The molecule has 8 unspecified atom stereocenters. The molecule has 0 aromatic carbocycles. The summed E-state index contributed by atoms with van der Waals surface area (Å²) in [6.07, 6.45) is -12.1. The van der Waals surface area contributed by atoms with Crippen LogP contribution in [0.5, 0.6) is 0 Å². The number of rotatable bonds is 10. The summed E-state index contributed by atoms with van der Waals surface area (Å²) in [6, 6.07) is 0. The smallest absolute Gasteiger partial charge is 0.252 e. The fraction of sp³-hybridized carbons (Fsp3) is 0.941. The van der Waals surface area contributed by atoms with Gasteiger partial charge in [-0.25, -0.2) is 0 Å². The van der Waals surface area contributed by atoms with E-state index in [9.17, 15) is 40.5 Å². The van der Waals surface area contributed by atoms with Crippen molar-refractivity contribution in [3.63, 3.8) is 0 Å². The average molecular weight is 411 g/mol. The highest BCUT2D eigenvalue weighted by Gasteiger charge is 2.43. The fourth-order valence-corrected chi connectivity index (χ4v) is 2.64. The third-order valence-electron chi connectivity index (χ3n) is 4.85. The van der Waals surface area contributed by atoms with Gasteiger partial charge >= 0.3 is 0 Å². The molecule has 0 aromatic rings. The molecule has 1 fully saturated rings. The maximum atomic E-state index is 12.2. The SMILES string of the molecule is CCC(C)(C)NC(=O)C(O)C(O)C(OC1OC(CO)C(O)CC1O)C(O)CO. The first-order chi connectivity index (χ1) is 13.0. The number of carbonyl (C=O) groups excluding carboxylic acids is 1. The summed E-state index contributed by atoms with van der Waals surface area (Å²) in [6.45, 7) is 3.81. The number of ether oxygens (including phenoxy) is 2. The Kier molecular flexibility index (Phi) is 9.67. The zero-order valence-corrected chi connectivity index (χ0v) is 16.3. The first kappa shape index (κ1) is 25.1. The van der Waals surface area contributed by atoms with Gasteiger partial charge in [0.25, 0.3) is 5.91 Å². The highest BCUT2D eigenvalue weighted by atomic mass is 16.7. The van der Waals surface area contributed by atoms with Gasteiger partial charge in [-0.2, -0.15) is 0 Å². The van der Waals surface area contributed by atoms with E-state index in [1.807, 2.05) is 6.92 Å². The second kappa shape index (κ2) is 10.8. The highest BCUT2D eigenvalue weighted by molar-refractivity contribution is 5.81. The third kappa shape index (κ3) is 6.58. The minimum atomic E-state index is -2.00. The lowest BCUT2D eigenvalue weighted by atomic mass is 9.98. The number of aliphatic hydroxyl groups excluding tert-OH is 7. The largest absolute Gasteiger partial charge is 0.394 e. The molecular formula is C17H33NO10. The number of nitrogens with one attached hydrogen (secondary N) is 1. The Morgan fingerprint density at radius 2 is 1.82 bits per heavy atom. The molecule has 0 radical (unpaired) electrons. The predicted molar refractivity (Wildman–Crippen MR) is 94.9 cm³/mol. The molecule has 8 N–H and O–H groups in total. The minimum absolute atomic E-state index is 0.207. The normalized spacial score (nSPS) is 30.4. The molecule has 0 aliphatic carbocycles. The summed E-state index contributed by atoms with van der Waals surface area (Å²) in [4.78, 5) is 12.2. The second-order valence-corrected chi connectivity index (χ2v) is 7.61. The van der Waals surface area contributed by atoms with Crippen LogP contribution in [0, 0.1) is 0 Å². The van der Waals surface area contributed by atoms with Gasteiger partial charge in [-0.1, -0.05) is 6.92 Å². The number of aliphatic hydroxyl groups is 7. The summed E-state index contributed by atoms with van der Waals surface area (Å²) in [5.74, 6) is -0.910. The zero-order valence-electron chi connectivity index (χ0n) is 16.3. The van der Waals surface area contributed by atoms with Crippen molar-refractivity contribution in [1.82, 2.24) is 5.32 Å². The molecule has 0 spiro atoms. The lowest BCUT2D eigenvalue weighted by molar-refractivity contribution is -0.304. The van der Waals surface area contributed by atoms with E-state index in [0.717, 1.165) is 0 Å². The number of amides is 1. The van der Waals surface area contributed by atoms with Crippen molar-refractivity contribution in [1.29, 1.82) is 0 Å². The first-order valence-corrected chi connectivity index (χ1v) is 9.22. The Hall–Kier alpha value is -0.890. The molecule has 11 nitrogen and oxygen atoms in total. The molecule has 1 heterocycles. The van der Waals surface area contributed by atoms with Gasteiger partial charge in [0.2, 0.25) is 0 Å². The Labute approximate surface area is 163 Å². The number of carbonyl (C=O) groups is 1. The van der Waals surface area contributed by atoms with E-state index in [1.165, 1.54) is 0 Å². The van der Waals surface area contributed by atoms with Crippen LogP contribution >= 0.6 is 0 Å². The van der Waals surface area contributed by atoms with Gasteiger partial charge in [0.05, 0.1) is 19.3 Å². The number of hydrogen-bond acceptors (Lipinski definition) is 10. The van der Waals surface area contributed by atoms with Crippen LogP contribution in [-0.2, 0) is 14.3 Å². The standard InChI is InChI=1S/C17H33NO10/c1-4-17(2,3)18-15(26)13(25)12(24)14(10(23)6-19)28-16-9(22)5-8(21)11(7-20)27-16/h8-14,16,19-25H,4-7H2,1-3H3,(H,18,26). The van der Waals surface area contributed by atoms with Gasteiger partial charge in [0.15, 0.2) is 12.4 Å². The molecule has 0 saturated carbocycles. The van der Waals surface area contributed by atoms with Gasteiger partial charge in [0, 0.05) is 12.0 Å². The van der Waals surface area contributed by atoms with E-state index in [4.69, 9.17) is 9.47 Å². The summed E-state index contributed by atoms with van der Waals surface area (Å²) < 4.78 is 10.5. The quantitative estimate of drug-likeness (QED) is 0.180. The van der Waals surface area contributed by atoms with Gasteiger partial charge in [-0.05, 0) is 20.3 Å². The van der Waals surface area contributed by atoms with Crippen LogP contribution in [0.4, 0.5) is 0 Å². The van der Waals surface area contributed by atoms with Gasteiger partial charge in [-0.15, -0.1) is 0 Å². The molecular weight excluding hydrogens is 378 g/mol. The molecule has 28 heavy (non-hydrogen) atoms. The Morgan fingerprint density at radius 3 is 2.32 bits per heavy atom. The van der Waals surface area contributed by atoms with Crippen LogP contribution in [0.25, 0.3) is 0 Å². The van der Waals surface area contributed by atoms with Crippen molar-refractivity contribution >= 4 is 5.91 Å². The van der Waals surface area contributed by atoms with E-state index < -0.39 is 73.7 Å². The van der Waals surface area contributed by atoms with Gasteiger partial charge in [0.1, 0.15) is 30.5 Å². The first-order valence-electron chi connectivity index (χ1n) is 9.22. The van der Waals surface area contributed by atoms with Crippen molar-refractivity contribution < 1.29 is 50.0 Å². The third-order valence-corrected chi connectivity index (χ3v) is 4.85. The van der Waals surface area contributed by atoms with E-state index in [1.54, 1.807) is 13.8 Å². The van der Waals surface area contributed by atoms with Crippen molar-refractivity contribution in [2.24, 2.45) is 0 Å². The van der Waals surface area contributed by atoms with Crippen molar-refractivity contribution in [3.05, 3.63) is 0 Å². The minimum Gasteiger partial charge on any atom is -0.394 e. The van der Waals surface area contributed by atoms with Crippen LogP contribution in [-0.4, -0.2) is 109 Å². The molecule has 1 aliphatic heterocycles. The summed E-state index contributed by atoms with van der Waals surface area (Å²) in [5, 5.41) is 71.2. The van der Waals surface area contributed by atoms with Gasteiger partial charge < -0.3 is 50.5 Å². The molecule has 0 aromatic heterocycles. The molecule has 0 bridgehead atoms. The lowest BCUT2D eigenvalue weighted by Gasteiger charge is -2.40. The second-order valence-electron chi connectivity index (χ2n) is 7.61. The topological polar surface area (TPSA) is 189 Å². The molecule has 1 saturated heterocycles. The molecule has 1 rings (SSSR count). The molecule has 8 atom stereocenters. The fourth-order valence-electron chi connectivity index (χ4n) is 2.64. The lowest BCUT2D eigenvalue weighted by Crippen LogP contribution is -2.58. The Morgan fingerprint density at radius 1 is 1.21 bits per heavy atom. The van der Waals surface area contributed by atoms with Crippen LogP contribution in [0.2, 0.25) is 0 Å². The molecule has 166 valence electrons. The number of hydrogen-bond donors (Lipinski definition) is 8. The highest BCUT2D eigenvalue weighted by Crippen LogP contribution is 2.24. The van der Waals surface area contributed by atoms with Crippen LogP contribution in [0.15, 0.2) is 0 Å². The maximum Gasteiger partial charge on any atom is 0.252 e. The zero-order chi connectivity index (χ0) is 21.6. The average Bonchev–Trinajstić information content (AvgIpc) is 2.65. The Bertz CT molecular complexity index is 491. The van der Waals surface area contributed by atoms with E-state index in [0.29, 0.717) is 6.42 Å². The van der Waals surface area contributed by atoms with Crippen LogP contribution in [0.1, 0.15) is 33.6 Å². The summed E-state index contributed by atoms with van der Waals surface area (Å²) in [5.41, 5.74) is -0.656. The maximum absolute atomic E-state index is 12.2. The molecule has 1 aliphatic rings. The van der Waals surface area contributed by atoms with Crippen LogP contribution < -0.4 is 5.32 Å². The predicted octanol–water partition coefficient (Wildman–Crippen LogP) is -3.42. The summed E-state index contributed by atoms with van der Waals surface area (Å²) in [7, 11) is 0. The molecule has 1 amide bonds. The van der Waals surface area contributed by atoms with E-state index in [-0.39, 0.29) is 6.42 Å². The van der Waals surface area contributed by atoms with Crippen molar-refractivity contribution in [2.45, 2.75) is 88.2 Å². The van der Waals surface area contributed by atoms with E-state index in [2.05, 4.69) is 5.32 Å². The van der Waals surface area contributed by atoms with Crippen molar-refractivity contribution in [3.8, 4) is 0 Å². The van der Waals surface area contributed by atoms with E-state index >= 15 is 0 Å². The Balaban J connectivity index is 2.90. The van der Waals surface area contributed by atoms with Crippen LogP contribution in [0.3, 0.4) is 0 Å². The van der Waals surface area contributed by atoms with Crippen molar-refractivity contribution in [2.75, 3.05) is 13.2 Å². The monoisotopic (exact) mass is 411 g/mol. The summed E-state index contributed by atoms with van der Waals surface area (Å²) >= 11 is 0. The van der Waals surface area contributed by atoms with Gasteiger partial charge in [-0.3, -0.25) is 4.79 Å².